The lowest BCUT2D eigenvalue weighted by atomic mass is 9.93. The second kappa shape index (κ2) is 10.3. The van der Waals surface area contributed by atoms with E-state index in [-0.39, 0.29) is 18.4 Å². The maximum absolute atomic E-state index is 13.4. The summed E-state index contributed by atoms with van der Waals surface area (Å²) in [5, 5.41) is 0. The van der Waals surface area contributed by atoms with E-state index < -0.39 is 0 Å². The van der Waals surface area contributed by atoms with E-state index in [2.05, 4.69) is 22.9 Å². The van der Waals surface area contributed by atoms with Crippen LogP contribution in [0.3, 0.4) is 0 Å². The molecule has 3 heterocycles. The van der Waals surface area contributed by atoms with E-state index in [1.165, 1.54) is 6.42 Å². The van der Waals surface area contributed by atoms with Crippen LogP contribution >= 0.6 is 0 Å². The number of para-hydroxylation sites is 1. The van der Waals surface area contributed by atoms with Crippen molar-refractivity contribution < 1.29 is 9.59 Å². The molecule has 2 unspecified atom stereocenters. The van der Waals surface area contributed by atoms with E-state index in [1.807, 2.05) is 45.7 Å². The quantitative estimate of drug-likeness (QED) is 0.736. The summed E-state index contributed by atoms with van der Waals surface area (Å²) >= 11 is 0. The van der Waals surface area contributed by atoms with Crippen molar-refractivity contribution in [3.63, 3.8) is 0 Å². The molecule has 32 heavy (non-hydrogen) atoms. The molecule has 0 N–H and O–H groups in total. The van der Waals surface area contributed by atoms with E-state index in [9.17, 15) is 9.59 Å². The highest BCUT2D eigenvalue weighted by atomic mass is 16.2. The molecular weight excluding hydrogens is 402 g/mol. The minimum atomic E-state index is 0.0867. The van der Waals surface area contributed by atoms with Gasteiger partial charge < -0.3 is 14.4 Å². The Bertz CT molecular complexity index is 913. The lowest BCUT2D eigenvalue weighted by molar-refractivity contribution is -0.133. The molecule has 0 spiro atoms. The molecule has 172 valence electrons. The number of benzene rings is 1. The number of imidazole rings is 1. The second-order valence-electron chi connectivity index (χ2n) is 8.89. The summed E-state index contributed by atoms with van der Waals surface area (Å²) < 4.78 is 1.83. The first kappa shape index (κ1) is 22.5. The van der Waals surface area contributed by atoms with Crippen LogP contribution in [0.2, 0.25) is 0 Å². The summed E-state index contributed by atoms with van der Waals surface area (Å²) in [4.78, 5) is 37.0. The van der Waals surface area contributed by atoms with Crippen molar-refractivity contribution in [2.24, 2.45) is 0 Å². The smallest absolute Gasteiger partial charge is 0.242 e. The van der Waals surface area contributed by atoms with Crippen LogP contribution in [0.5, 0.6) is 0 Å². The molecule has 2 amide bonds. The molecular formula is C25H35N5O2. The van der Waals surface area contributed by atoms with Gasteiger partial charge in [0.2, 0.25) is 11.8 Å². The van der Waals surface area contributed by atoms with Gasteiger partial charge >= 0.3 is 0 Å². The lowest BCUT2D eigenvalue weighted by Crippen LogP contribution is -2.52. The van der Waals surface area contributed by atoms with Crippen LogP contribution in [0.25, 0.3) is 0 Å². The minimum absolute atomic E-state index is 0.0867. The Balaban J connectivity index is 1.71. The first-order valence-corrected chi connectivity index (χ1v) is 12.0. The normalized spacial score (nSPS) is 22.2. The predicted molar refractivity (Wildman–Crippen MR) is 125 cm³/mol. The molecule has 2 atom stereocenters. The van der Waals surface area contributed by atoms with Crippen LogP contribution in [0.1, 0.15) is 51.5 Å². The van der Waals surface area contributed by atoms with Gasteiger partial charge in [0.05, 0.1) is 6.33 Å². The summed E-state index contributed by atoms with van der Waals surface area (Å²) in [7, 11) is 0. The highest BCUT2D eigenvalue weighted by Crippen LogP contribution is 2.30. The van der Waals surface area contributed by atoms with Crippen molar-refractivity contribution in [1.82, 2.24) is 19.4 Å². The maximum atomic E-state index is 13.4. The molecule has 0 saturated carbocycles. The Labute approximate surface area is 191 Å². The lowest BCUT2D eigenvalue weighted by Gasteiger charge is -2.43. The molecule has 0 radical (unpaired) electrons. The summed E-state index contributed by atoms with van der Waals surface area (Å²) in [5.74, 6) is 0.229. The average Bonchev–Trinajstić information content (AvgIpc) is 3.31. The van der Waals surface area contributed by atoms with Crippen molar-refractivity contribution in [2.75, 3.05) is 24.5 Å². The van der Waals surface area contributed by atoms with Gasteiger partial charge in [0, 0.05) is 56.2 Å². The number of anilines is 1. The standard InChI is InChI=1S/C25H35N5O2/c1-3-24(31)30-14-12-21-9-7-10-22(29(21)4-2)17-28(16-20-8-5-6-11-23(20)30)25(32)18-27-15-13-26-19-27/h5-6,8,11,13,15,19,21-22H,3-4,7,9-10,12,14,16-18H2,1-2H3. The van der Waals surface area contributed by atoms with Crippen molar-refractivity contribution in [1.29, 1.82) is 0 Å². The van der Waals surface area contributed by atoms with Gasteiger partial charge in [-0.25, -0.2) is 4.98 Å². The van der Waals surface area contributed by atoms with Gasteiger partial charge in [-0.15, -0.1) is 0 Å². The zero-order chi connectivity index (χ0) is 22.5. The largest absolute Gasteiger partial charge is 0.335 e. The molecule has 0 aliphatic carbocycles. The van der Waals surface area contributed by atoms with Crippen LogP contribution < -0.4 is 4.90 Å². The third-order valence-electron chi connectivity index (χ3n) is 6.97. The Morgan fingerprint density at radius 1 is 1.06 bits per heavy atom. The predicted octanol–water partition coefficient (Wildman–Crippen LogP) is 3.30. The molecule has 1 fully saturated rings. The molecule has 7 nitrogen and oxygen atoms in total. The van der Waals surface area contributed by atoms with Gasteiger partial charge in [0.15, 0.2) is 0 Å². The van der Waals surface area contributed by atoms with E-state index in [1.54, 1.807) is 12.5 Å². The fraction of sp³-hybridized carbons (Fsp3) is 0.560. The number of nitrogens with zero attached hydrogens (tertiary/aromatic N) is 5. The monoisotopic (exact) mass is 437 g/mol. The highest BCUT2D eigenvalue weighted by Gasteiger charge is 2.33. The fourth-order valence-electron chi connectivity index (χ4n) is 5.35. The van der Waals surface area contributed by atoms with Gasteiger partial charge in [0.25, 0.3) is 0 Å². The molecule has 7 heteroatoms. The maximum Gasteiger partial charge on any atom is 0.242 e. The molecule has 4 rings (SSSR count). The molecule has 2 aromatic rings. The van der Waals surface area contributed by atoms with Crippen LogP contribution in [-0.2, 0) is 22.7 Å². The van der Waals surface area contributed by atoms with Gasteiger partial charge in [-0.3, -0.25) is 14.5 Å². The third-order valence-corrected chi connectivity index (χ3v) is 6.97. The number of amides is 2. The van der Waals surface area contributed by atoms with Crippen LogP contribution in [0.4, 0.5) is 5.69 Å². The highest BCUT2D eigenvalue weighted by molar-refractivity contribution is 5.94. The van der Waals surface area contributed by atoms with Crippen molar-refractivity contribution >= 4 is 17.5 Å². The van der Waals surface area contributed by atoms with Crippen LogP contribution in [0, 0.1) is 0 Å². The SMILES string of the molecule is CCC(=O)N1CCC2CCCC(CN(C(=O)Cn3ccnc3)Cc3ccccc31)N2CC. The van der Waals surface area contributed by atoms with Crippen molar-refractivity contribution in [3.8, 4) is 0 Å². The number of carbonyl (C=O) groups is 2. The Morgan fingerprint density at radius 2 is 1.88 bits per heavy atom. The zero-order valence-electron chi connectivity index (χ0n) is 19.3. The van der Waals surface area contributed by atoms with Gasteiger partial charge in [-0.2, -0.15) is 0 Å². The number of aromatic nitrogens is 2. The number of rotatable bonds is 4. The average molecular weight is 438 g/mol. The fourth-order valence-corrected chi connectivity index (χ4v) is 5.35. The molecule has 2 bridgehead atoms. The molecule has 1 aromatic heterocycles. The first-order valence-electron chi connectivity index (χ1n) is 12.0. The molecule has 1 aromatic carbocycles. The summed E-state index contributed by atoms with van der Waals surface area (Å²) in [5.41, 5.74) is 1.98. The van der Waals surface area contributed by atoms with E-state index >= 15 is 0 Å². The Kier molecular flexibility index (Phi) is 7.25. The molecule has 2 aliphatic heterocycles. The number of piperidine rings is 1. The van der Waals surface area contributed by atoms with E-state index in [0.717, 1.165) is 43.6 Å². The third kappa shape index (κ3) is 4.88. The number of likely N-dealkylation sites (N-methyl/N-ethyl adjacent to an activating group) is 1. The minimum Gasteiger partial charge on any atom is -0.335 e. The Morgan fingerprint density at radius 3 is 2.62 bits per heavy atom. The van der Waals surface area contributed by atoms with Gasteiger partial charge in [0.1, 0.15) is 6.54 Å². The van der Waals surface area contributed by atoms with Gasteiger partial charge in [-0.1, -0.05) is 38.5 Å². The summed E-state index contributed by atoms with van der Waals surface area (Å²) in [6.45, 7) is 7.33. The van der Waals surface area contributed by atoms with Crippen LogP contribution in [0.15, 0.2) is 43.0 Å². The zero-order valence-corrected chi connectivity index (χ0v) is 19.3. The number of fused-ring (bicyclic) bond motifs is 3. The molecule has 2 aliphatic rings. The van der Waals surface area contributed by atoms with Gasteiger partial charge in [-0.05, 0) is 37.4 Å². The summed E-state index contributed by atoms with van der Waals surface area (Å²) in [6.07, 6.45) is 10.1. The number of hydrogen-bond donors (Lipinski definition) is 0. The van der Waals surface area contributed by atoms with Crippen LogP contribution in [-0.4, -0.2) is 62.9 Å². The van der Waals surface area contributed by atoms with Crippen molar-refractivity contribution in [3.05, 3.63) is 48.5 Å². The first-order chi connectivity index (χ1) is 15.6. The second-order valence-corrected chi connectivity index (χ2v) is 8.89. The van der Waals surface area contributed by atoms with Crippen molar-refractivity contribution in [2.45, 2.75) is 71.1 Å². The number of hydrogen-bond acceptors (Lipinski definition) is 4. The number of carbonyl (C=O) groups excluding carboxylic acids is 2. The topological polar surface area (TPSA) is 61.7 Å². The van der Waals surface area contributed by atoms with E-state index in [0.29, 0.717) is 31.6 Å². The summed E-state index contributed by atoms with van der Waals surface area (Å²) in [6, 6.07) is 8.88. The molecule has 1 saturated heterocycles. The Hall–Kier alpha value is -2.67. The van der Waals surface area contributed by atoms with E-state index in [4.69, 9.17) is 0 Å².